The predicted molar refractivity (Wildman–Crippen MR) is 109 cm³/mol. The van der Waals surface area contributed by atoms with Gasteiger partial charge in [0.2, 0.25) is 10.0 Å². The number of pyridine rings is 1. The second kappa shape index (κ2) is 7.37. The molecule has 0 amide bonds. The number of nitrogens with zero attached hydrogens (tertiary/aromatic N) is 2. The highest BCUT2D eigenvalue weighted by atomic mass is 32.2. The van der Waals surface area contributed by atoms with Gasteiger partial charge in [0, 0.05) is 36.8 Å². The summed E-state index contributed by atoms with van der Waals surface area (Å²) >= 11 is 0. The van der Waals surface area contributed by atoms with Crippen LogP contribution in [0.2, 0.25) is 0 Å². The van der Waals surface area contributed by atoms with E-state index in [9.17, 15) is 13.2 Å². The average molecular weight is 403 g/mol. The first-order valence-corrected chi connectivity index (χ1v) is 11.4. The van der Waals surface area contributed by atoms with E-state index in [0.29, 0.717) is 31.6 Å². The molecule has 2 aromatic rings. The van der Waals surface area contributed by atoms with E-state index >= 15 is 0 Å². The molecule has 0 saturated carbocycles. The van der Waals surface area contributed by atoms with Crippen LogP contribution in [0.25, 0.3) is 11.1 Å². The summed E-state index contributed by atoms with van der Waals surface area (Å²) in [5.74, 6) is 1.21. The Hall–Kier alpha value is -2.12. The van der Waals surface area contributed by atoms with Crippen molar-refractivity contribution in [3.05, 3.63) is 52.4 Å². The van der Waals surface area contributed by atoms with Crippen LogP contribution >= 0.6 is 0 Å². The molecular formula is C21H26N2O4S. The molecule has 2 aliphatic heterocycles. The summed E-state index contributed by atoms with van der Waals surface area (Å²) in [5.41, 5.74) is 2.49. The number of sulfonamides is 1. The Bertz CT molecular complexity index is 1030. The minimum absolute atomic E-state index is 0.00207. The van der Waals surface area contributed by atoms with E-state index in [1.807, 2.05) is 47.9 Å². The monoisotopic (exact) mass is 402 g/mol. The lowest BCUT2D eigenvalue weighted by Crippen LogP contribution is -2.49. The molecule has 1 saturated heterocycles. The number of methoxy groups -OCH3 is 1. The zero-order valence-corrected chi connectivity index (χ0v) is 17.1. The summed E-state index contributed by atoms with van der Waals surface area (Å²) in [5, 5.41) is 0. The summed E-state index contributed by atoms with van der Waals surface area (Å²) in [6.07, 6.45) is 1.56. The molecular weight excluding hydrogens is 376 g/mol. The van der Waals surface area contributed by atoms with Crippen LogP contribution in [0.5, 0.6) is 5.75 Å². The summed E-state index contributed by atoms with van der Waals surface area (Å²) in [7, 11) is -1.60. The van der Waals surface area contributed by atoms with Crippen LogP contribution in [0.4, 0.5) is 0 Å². The van der Waals surface area contributed by atoms with Crippen LogP contribution in [-0.4, -0.2) is 43.2 Å². The van der Waals surface area contributed by atoms with Crippen molar-refractivity contribution >= 4 is 10.0 Å². The van der Waals surface area contributed by atoms with Crippen LogP contribution in [0.15, 0.2) is 41.2 Å². The third kappa shape index (κ3) is 3.37. The summed E-state index contributed by atoms with van der Waals surface area (Å²) in [4.78, 5) is 13.2. The van der Waals surface area contributed by atoms with Gasteiger partial charge in [0.05, 0.1) is 12.9 Å². The number of aromatic nitrogens is 1. The van der Waals surface area contributed by atoms with Gasteiger partial charge in [0.15, 0.2) is 0 Å². The molecule has 0 radical (unpaired) electrons. The zero-order valence-electron chi connectivity index (χ0n) is 16.3. The fourth-order valence-corrected chi connectivity index (χ4v) is 6.13. The molecule has 1 aromatic heterocycles. The van der Waals surface area contributed by atoms with Crippen LogP contribution in [0, 0.1) is 5.92 Å². The Morgan fingerprint density at radius 2 is 1.82 bits per heavy atom. The van der Waals surface area contributed by atoms with E-state index in [1.165, 1.54) is 0 Å². The molecule has 2 aliphatic rings. The molecule has 1 fully saturated rings. The number of fused-ring (bicyclic) bond motifs is 4. The van der Waals surface area contributed by atoms with E-state index in [4.69, 9.17) is 4.74 Å². The Kier molecular flexibility index (Phi) is 5.05. The van der Waals surface area contributed by atoms with Gasteiger partial charge in [0.1, 0.15) is 5.75 Å². The van der Waals surface area contributed by atoms with Gasteiger partial charge in [-0.05, 0) is 48.6 Å². The highest BCUT2D eigenvalue weighted by molar-refractivity contribution is 7.89. The van der Waals surface area contributed by atoms with E-state index < -0.39 is 10.0 Å². The largest absolute Gasteiger partial charge is 0.497 e. The molecule has 2 unspecified atom stereocenters. The van der Waals surface area contributed by atoms with Crippen molar-refractivity contribution in [2.45, 2.75) is 32.2 Å². The number of rotatable bonds is 5. The van der Waals surface area contributed by atoms with Gasteiger partial charge in [-0.3, -0.25) is 4.79 Å². The fourth-order valence-electron chi connectivity index (χ4n) is 4.51. The molecule has 7 heteroatoms. The number of ether oxygens (including phenoxy) is 1. The number of benzene rings is 1. The van der Waals surface area contributed by atoms with Crippen molar-refractivity contribution in [3.63, 3.8) is 0 Å². The van der Waals surface area contributed by atoms with E-state index in [1.54, 1.807) is 11.4 Å². The van der Waals surface area contributed by atoms with Crippen LogP contribution in [0.1, 0.15) is 31.4 Å². The molecule has 0 spiro atoms. The summed E-state index contributed by atoms with van der Waals surface area (Å²) in [6.45, 7) is 3.45. The first-order valence-electron chi connectivity index (χ1n) is 9.79. The fraction of sp³-hybridized carbons (Fsp3) is 0.476. The zero-order chi connectivity index (χ0) is 19.9. The maximum atomic E-state index is 13.2. The Morgan fingerprint density at radius 3 is 2.50 bits per heavy atom. The van der Waals surface area contributed by atoms with Crippen molar-refractivity contribution in [1.82, 2.24) is 8.87 Å². The molecule has 150 valence electrons. The molecule has 4 rings (SSSR count). The van der Waals surface area contributed by atoms with Gasteiger partial charge in [-0.1, -0.05) is 19.1 Å². The van der Waals surface area contributed by atoms with Crippen molar-refractivity contribution in [2.75, 3.05) is 26.0 Å². The van der Waals surface area contributed by atoms with Crippen LogP contribution in [0.3, 0.4) is 0 Å². The normalized spacial score (nSPS) is 21.9. The number of hydrogen-bond donors (Lipinski definition) is 0. The number of hydrogen-bond acceptors (Lipinski definition) is 4. The third-order valence-corrected chi connectivity index (χ3v) is 7.84. The highest BCUT2D eigenvalue weighted by Crippen LogP contribution is 2.37. The minimum atomic E-state index is -3.21. The lowest BCUT2D eigenvalue weighted by Gasteiger charge is -2.42. The Balaban J connectivity index is 1.68. The Labute approximate surface area is 165 Å². The first kappa shape index (κ1) is 19.2. The lowest BCUT2D eigenvalue weighted by molar-refractivity contribution is 0.186. The highest BCUT2D eigenvalue weighted by Gasteiger charge is 2.38. The third-order valence-electron chi connectivity index (χ3n) is 5.83. The maximum absolute atomic E-state index is 13.2. The van der Waals surface area contributed by atoms with Crippen molar-refractivity contribution in [3.8, 4) is 16.9 Å². The molecule has 2 atom stereocenters. The molecule has 0 N–H and O–H groups in total. The van der Waals surface area contributed by atoms with Gasteiger partial charge in [-0.2, -0.15) is 0 Å². The van der Waals surface area contributed by atoms with Gasteiger partial charge < -0.3 is 9.30 Å². The van der Waals surface area contributed by atoms with Crippen molar-refractivity contribution in [1.29, 1.82) is 0 Å². The standard InChI is InChI=1S/C21H26N2O4S/c1-3-10-28(25,26)22-12-15-11-17(14-22)20-9-8-19(21(24)23(20)13-15)16-4-6-18(27-2)7-5-16/h4-9,15,17H,3,10-14H2,1-2H3. The minimum Gasteiger partial charge on any atom is -0.497 e. The summed E-state index contributed by atoms with van der Waals surface area (Å²) < 4.78 is 33.8. The molecule has 6 nitrogen and oxygen atoms in total. The van der Waals surface area contributed by atoms with Gasteiger partial charge in [-0.25, -0.2) is 12.7 Å². The van der Waals surface area contributed by atoms with Gasteiger partial charge >= 0.3 is 0 Å². The van der Waals surface area contributed by atoms with Crippen molar-refractivity contribution < 1.29 is 13.2 Å². The number of piperidine rings is 1. The maximum Gasteiger partial charge on any atom is 0.258 e. The van der Waals surface area contributed by atoms with E-state index in [-0.39, 0.29) is 23.1 Å². The van der Waals surface area contributed by atoms with Gasteiger partial charge in [0.25, 0.3) is 5.56 Å². The Morgan fingerprint density at radius 1 is 1.07 bits per heavy atom. The van der Waals surface area contributed by atoms with E-state index in [0.717, 1.165) is 23.4 Å². The molecule has 28 heavy (non-hydrogen) atoms. The summed E-state index contributed by atoms with van der Waals surface area (Å²) in [6, 6.07) is 11.4. The molecule has 0 aliphatic carbocycles. The molecule has 3 heterocycles. The van der Waals surface area contributed by atoms with Crippen LogP contribution < -0.4 is 10.3 Å². The molecule has 2 bridgehead atoms. The second-order valence-corrected chi connectivity index (χ2v) is 9.84. The average Bonchev–Trinajstić information content (AvgIpc) is 2.69. The lowest BCUT2D eigenvalue weighted by atomic mass is 9.84. The van der Waals surface area contributed by atoms with Crippen LogP contribution in [-0.2, 0) is 16.6 Å². The second-order valence-electron chi connectivity index (χ2n) is 7.75. The molecule has 1 aromatic carbocycles. The predicted octanol–water partition coefficient (Wildman–Crippen LogP) is 2.68. The van der Waals surface area contributed by atoms with E-state index in [2.05, 4.69) is 0 Å². The topological polar surface area (TPSA) is 68.6 Å². The first-order chi connectivity index (χ1) is 13.4. The quantitative estimate of drug-likeness (QED) is 0.771. The van der Waals surface area contributed by atoms with Gasteiger partial charge in [-0.15, -0.1) is 0 Å². The van der Waals surface area contributed by atoms with Crippen molar-refractivity contribution in [2.24, 2.45) is 5.92 Å². The SMILES string of the molecule is CCCS(=O)(=O)N1CC2CC(C1)c1ccc(-c3ccc(OC)cc3)c(=O)n1C2. The smallest absolute Gasteiger partial charge is 0.258 e.